The summed E-state index contributed by atoms with van der Waals surface area (Å²) < 4.78 is 5.33. The van der Waals surface area contributed by atoms with Crippen molar-refractivity contribution in [3.63, 3.8) is 0 Å². The molecular weight excluding hydrogens is 322 g/mol. The third-order valence-corrected chi connectivity index (χ3v) is 4.34. The predicted octanol–water partition coefficient (Wildman–Crippen LogP) is 2.75. The molecule has 1 saturated heterocycles. The van der Waals surface area contributed by atoms with Crippen LogP contribution in [0.3, 0.4) is 0 Å². The molecule has 2 N–H and O–H groups in total. The average molecular weight is 355 g/mol. The number of likely N-dealkylation sites (tertiary alicyclic amines) is 1. The summed E-state index contributed by atoms with van der Waals surface area (Å²) in [6, 6.07) is 0.0427. The standard InChI is InChI=1S/C19H33NO5/c1-2-14-25-15-17(21)12-11-16-8-7-9-18(22)20(16)13-6-4-3-5-10-19(23)24/h11-12,16-17,21H,2-10,13-15H2,1H3,(H,23,24)/t16-,17?/m1/s1. The molecule has 0 radical (unpaired) electrons. The molecule has 1 amide bonds. The molecule has 6 nitrogen and oxygen atoms in total. The van der Waals surface area contributed by atoms with Crippen molar-refractivity contribution in [2.24, 2.45) is 0 Å². The van der Waals surface area contributed by atoms with Gasteiger partial charge in [-0.25, -0.2) is 0 Å². The second-order valence-electron chi connectivity index (χ2n) is 6.63. The number of ether oxygens (including phenoxy) is 1. The van der Waals surface area contributed by atoms with Crippen LogP contribution in [-0.4, -0.2) is 58.9 Å². The number of rotatable bonds is 13. The van der Waals surface area contributed by atoms with Crippen molar-refractivity contribution in [1.29, 1.82) is 0 Å². The summed E-state index contributed by atoms with van der Waals surface area (Å²) in [5, 5.41) is 18.5. The normalized spacial score (nSPS) is 19.5. The number of carbonyl (C=O) groups is 2. The topological polar surface area (TPSA) is 87.1 Å². The molecule has 0 saturated carbocycles. The van der Waals surface area contributed by atoms with Crippen LogP contribution in [-0.2, 0) is 14.3 Å². The van der Waals surface area contributed by atoms with E-state index in [4.69, 9.17) is 9.84 Å². The Labute approximate surface area is 150 Å². The van der Waals surface area contributed by atoms with Gasteiger partial charge in [0.1, 0.15) is 0 Å². The molecule has 0 bridgehead atoms. The van der Waals surface area contributed by atoms with E-state index in [1.54, 1.807) is 6.08 Å². The lowest BCUT2D eigenvalue weighted by atomic mass is 9.99. The number of amides is 1. The fourth-order valence-electron chi connectivity index (χ4n) is 3.01. The second-order valence-corrected chi connectivity index (χ2v) is 6.63. The molecule has 144 valence electrons. The molecule has 0 aromatic heterocycles. The van der Waals surface area contributed by atoms with Gasteiger partial charge in [-0.15, -0.1) is 0 Å². The maximum absolute atomic E-state index is 12.2. The number of carbonyl (C=O) groups excluding carboxylic acids is 1. The second kappa shape index (κ2) is 12.9. The Balaban J connectivity index is 2.36. The fourth-order valence-corrected chi connectivity index (χ4v) is 3.01. The molecule has 1 aliphatic heterocycles. The Morgan fingerprint density at radius 3 is 2.84 bits per heavy atom. The van der Waals surface area contributed by atoms with Crippen molar-refractivity contribution < 1.29 is 24.5 Å². The van der Waals surface area contributed by atoms with Gasteiger partial charge < -0.3 is 19.8 Å². The van der Waals surface area contributed by atoms with Crippen molar-refractivity contribution in [1.82, 2.24) is 4.90 Å². The van der Waals surface area contributed by atoms with E-state index in [2.05, 4.69) is 0 Å². The number of aliphatic carboxylic acids is 1. The first-order valence-corrected chi connectivity index (χ1v) is 9.50. The predicted molar refractivity (Wildman–Crippen MR) is 96.3 cm³/mol. The minimum atomic E-state index is -0.752. The fraction of sp³-hybridized carbons (Fsp3) is 0.789. The lowest BCUT2D eigenvalue weighted by molar-refractivity contribution is -0.137. The van der Waals surface area contributed by atoms with Crippen LogP contribution in [0, 0.1) is 0 Å². The third kappa shape index (κ3) is 9.60. The van der Waals surface area contributed by atoms with E-state index in [1.807, 2.05) is 17.9 Å². The van der Waals surface area contributed by atoms with Gasteiger partial charge in [0.05, 0.1) is 18.8 Å². The molecule has 1 aliphatic rings. The average Bonchev–Trinajstić information content (AvgIpc) is 2.57. The SMILES string of the molecule is CCCOCC(O)C=C[C@H]1CCCC(=O)N1CCCCCCC(=O)O. The van der Waals surface area contributed by atoms with Crippen LogP contribution in [0.4, 0.5) is 0 Å². The summed E-state index contributed by atoms with van der Waals surface area (Å²) >= 11 is 0. The van der Waals surface area contributed by atoms with Crippen LogP contribution in [0.1, 0.15) is 64.7 Å². The summed E-state index contributed by atoms with van der Waals surface area (Å²) in [6.45, 7) is 3.65. The first-order chi connectivity index (χ1) is 12.0. The molecule has 1 heterocycles. The summed E-state index contributed by atoms with van der Waals surface area (Å²) in [6.07, 6.45) is 9.94. The molecule has 1 rings (SSSR count). The lowest BCUT2D eigenvalue weighted by Crippen LogP contribution is -2.43. The smallest absolute Gasteiger partial charge is 0.303 e. The number of aliphatic hydroxyl groups excluding tert-OH is 1. The molecule has 2 atom stereocenters. The van der Waals surface area contributed by atoms with Gasteiger partial charge in [-0.2, -0.15) is 0 Å². The van der Waals surface area contributed by atoms with Crippen LogP contribution >= 0.6 is 0 Å². The van der Waals surface area contributed by atoms with Gasteiger partial charge in [0.25, 0.3) is 0 Å². The quantitative estimate of drug-likeness (QED) is 0.392. The summed E-state index contributed by atoms with van der Waals surface area (Å²) in [5.74, 6) is -0.582. The molecular formula is C19H33NO5. The van der Waals surface area contributed by atoms with E-state index in [0.29, 0.717) is 26.0 Å². The zero-order chi connectivity index (χ0) is 18.5. The maximum Gasteiger partial charge on any atom is 0.303 e. The highest BCUT2D eigenvalue weighted by Crippen LogP contribution is 2.20. The van der Waals surface area contributed by atoms with Crippen molar-refractivity contribution in [2.45, 2.75) is 76.9 Å². The van der Waals surface area contributed by atoms with E-state index in [1.165, 1.54) is 0 Å². The largest absolute Gasteiger partial charge is 0.481 e. The lowest BCUT2D eigenvalue weighted by Gasteiger charge is -2.34. The highest BCUT2D eigenvalue weighted by Gasteiger charge is 2.25. The Morgan fingerprint density at radius 2 is 2.12 bits per heavy atom. The van der Waals surface area contributed by atoms with Crippen LogP contribution < -0.4 is 0 Å². The molecule has 6 heteroatoms. The maximum atomic E-state index is 12.2. The van der Waals surface area contributed by atoms with Crippen LogP contribution in [0.5, 0.6) is 0 Å². The first-order valence-electron chi connectivity index (χ1n) is 9.50. The minimum absolute atomic E-state index is 0.0427. The number of carboxylic acid groups (broad SMARTS) is 1. The van der Waals surface area contributed by atoms with Crippen molar-refractivity contribution in [2.75, 3.05) is 19.8 Å². The molecule has 0 spiro atoms. The van der Waals surface area contributed by atoms with Gasteiger partial charge >= 0.3 is 5.97 Å². The van der Waals surface area contributed by atoms with Gasteiger partial charge in [-0.1, -0.05) is 31.9 Å². The van der Waals surface area contributed by atoms with Gasteiger partial charge in [-0.05, 0) is 32.1 Å². The van der Waals surface area contributed by atoms with Crippen molar-refractivity contribution in [3.05, 3.63) is 12.2 Å². The molecule has 0 aliphatic carbocycles. The number of piperidine rings is 1. The van der Waals surface area contributed by atoms with Crippen LogP contribution in [0.2, 0.25) is 0 Å². The van der Waals surface area contributed by atoms with E-state index in [-0.39, 0.29) is 25.0 Å². The van der Waals surface area contributed by atoms with Crippen LogP contribution in [0.25, 0.3) is 0 Å². The van der Waals surface area contributed by atoms with E-state index in [0.717, 1.165) is 38.5 Å². The summed E-state index contributed by atoms with van der Waals surface area (Å²) in [4.78, 5) is 24.6. The monoisotopic (exact) mass is 355 g/mol. The summed E-state index contributed by atoms with van der Waals surface area (Å²) in [7, 11) is 0. The first kappa shape index (κ1) is 21.6. The zero-order valence-electron chi connectivity index (χ0n) is 15.4. The molecule has 1 unspecified atom stereocenters. The van der Waals surface area contributed by atoms with E-state index in [9.17, 15) is 14.7 Å². The Hall–Kier alpha value is -1.40. The van der Waals surface area contributed by atoms with Crippen molar-refractivity contribution in [3.8, 4) is 0 Å². The minimum Gasteiger partial charge on any atom is -0.481 e. The highest BCUT2D eigenvalue weighted by molar-refractivity contribution is 5.77. The van der Waals surface area contributed by atoms with Gasteiger partial charge in [0.2, 0.25) is 5.91 Å². The number of carboxylic acids is 1. The Kier molecular flexibility index (Phi) is 11.2. The Morgan fingerprint density at radius 1 is 1.36 bits per heavy atom. The number of nitrogens with zero attached hydrogens (tertiary/aromatic N) is 1. The molecule has 0 aromatic carbocycles. The third-order valence-electron chi connectivity index (χ3n) is 4.34. The molecule has 1 fully saturated rings. The number of unbranched alkanes of at least 4 members (excludes halogenated alkanes) is 3. The zero-order valence-corrected chi connectivity index (χ0v) is 15.4. The van der Waals surface area contributed by atoms with Gasteiger partial charge in [0, 0.05) is 26.0 Å². The van der Waals surface area contributed by atoms with Crippen molar-refractivity contribution >= 4 is 11.9 Å². The number of aliphatic hydroxyl groups is 1. The number of hydrogen-bond donors (Lipinski definition) is 2. The van der Waals surface area contributed by atoms with E-state index < -0.39 is 12.1 Å². The molecule has 0 aromatic rings. The van der Waals surface area contributed by atoms with Gasteiger partial charge in [-0.3, -0.25) is 9.59 Å². The molecule has 25 heavy (non-hydrogen) atoms. The van der Waals surface area contributed by atoms with Gasteiger partial charge in [0.15, 0.2) is 0 Å². The van der Waals surface area contributed by atoms with E-state index >= 15 is 0 Å². The summed E-state index contributed by atoms with van der Waals surface area (Å²) in [5.41, 5.74) is 0. The van der Waals surface area contributed by atoms with Crippen LogP contribution in [0.15, 0.2) is 12.2 Å². The number of hydrogen-bond acceptors (Lipinski definition) is 4. The Bertz CT molecular complexity index is 424. The highest BCUT2D eigenvalue weighted by atomic mass is 16.5.